The van der Waals surface area contributed by atoms with Crippen molar-refractivity contribution >= 4 is 19.0 Å². The fourth-order valence-corrected chi connectivity index (χ4v) is 3.98. The topological polar surface area (TPSA) is 136 Å². The molecule has 1 amide bonds. The highest BCUT2D eigenvalue weighted by atomic mass is 16.4. The molecule has 0 aromatic heterocycles. The lowest BCUT2D eigenvalue weighted by Crippen LogP contribution is -2.52. The van der Waals surface area contributed by atoms with E-state index in [9.17, 15) is 14.7 Å². The number of hydrogen-bond donors (Lipinski definition) is 5. The first-order chi connectivity index (χ1) is 10.8. The Hall–Kier alpha value is -1.16. The molecule has 0 spiro atoms. The van der Waals surface area contributed by atoms with Crippen LogP contribution in [0.4, 0.5) is 0 Å². The number of nitrogens with two attached hydrogens (primary N) is 1. The lowest BCUT2D eigenvalue weighted by atomic mass is 9.77. The van der Waals surface area contributed by atoms with Gasteiger partial charge in [0.2, 0.25) is 5.91 Å². The van der Waals surface area contributed by atoms with Crippen molar-refractivity contribution in [3.63, 3.8) is 0 Å². The van der Waals surface area contributed by atoms with E-state index in [2.05, 4.69) is 5.32 Å². The molecular formula is C14H26BN3O5. The molecule has 8 nitrogen and oxygen atoms in total. The molecule has 2 fully saturated rings. The van der Waals surface area contributed by atoms with Gasteiger partial charge < -0.3 is 25.8 Å². The molecule has 130 valence electrons. The standard InChI is InChI=1S/C14H26BN3O5/c1-9(16)12(19)18-7-4-10-11(18)8-17-14(10,13(20)21)5-2-3-6-15(22)23/h9-11,17,22-23H,2-8,16H2,1H3,(H,20,21)/t9-,10-,11-,14+/m0/s1. The van der Waals surface area contributed by atoms with Crippen LogP contribution in [0.3, 0.4) is 0 Å². The highest BCUT2D eigenvalue weighted by Crippen LogP contribution is 2.41. The van der Waals surface area contributed by atoms with E-state index in [-0.39, 0.29) is 24.2 Å². The van der Waals surface area contributed by atoms with E-state index < -0.39 is 24.7 Å². The van der Waals surface area contributed by atoms with Crippen LogP contribution >= 0.6 is 0 Å². The predicted molar refractivity (Wildman–Crippen MR) is 84.5 cm³/mol. The van der Waals surface area contributed by atoms with E-state index in [0.717, 1.165) is 0 Å². The molecule has 2 aliphatic heterocycles. The van der Waals surface area contributed by atoms with E-state index in [1.807, 2.05) is 0 Å². The zero-order valence-corrected chi connectivity index (χ0v) is 13.4. The van der Waals surface area contributed by atoms with Crippen LogP contribution in [0.2, 0.25) is 6.32 Å². The first-order valence-electron chi connectivity index (χ1n) is 8.20. The van der Waals surface area contributed by atoms with Gasteiger partial charge in [-0.15, -0.1) is 0 Å². The molecule has 2 aliphatic rings. The molecule has 0 unspecified atom stereocenters. The first kappa shape index (κ1) is 18.2. The van der Waals surface area contributed by atoms with Crippen molar-refractivity contribution in [2.24, 2.45) is 11.7 Å². The van der Waals surface area contributed by atoms with Crippen LogP contribution in [0.15, 0.2) is 0 Å². The summed E-state index contributed by atoms with van der Waals surface area (Å²) in [7, 11) is -1.36. The number of hydrogen-bond acceptors (Lipinski definition) is 6. The first-order valence-corrected chi connectivity index (χ1v) is 8.20. The molecule has 2 saturated heterocycles. The molecular weight excluding hydrogens is 301 g/mol. The maximum absolute atomic E-state index is 12.2. The van der Waals surface area contributed by atoms with E-state index >= 15 is 0 Å². The van der Waals surface area contributed by atoms with Gasteiger partial charge >= 0.3 is 13.1 Å². The molecule has 0 bridgehead atoms. The Morgan fingerprint density at radius 1 is 1.43 bits per heavy atom. The molecule has 2 heterocycles. The number of nitrogens with one attached hydrogen (secondary N) is 1. The zero-order chi connectivity index (χ0) is 17.2. The summed E-state index contributed by atoms with van der Waals surface area (Å²) >= 11 is 0. The summed E-state index contributed by atoms with van der Waals surface area (Å²) in [5, 5.41) is 30.7. The summed E-state index contributed by atoms with van der Waals surface area (Å²) in [4.78, 5) is 25.8. The van der Waals surface area contributed by atoms with Crippen molar-refractivity contribution in [2.45, 2.75) is 56.5 Å². The Kier molecular flexibility index (Phi) is 5.67. The van der Waals surface area contributed by atoms with Crippen LogP contribution in [0, 0.1) is 5.92 Å². The van der Waals surface area contributed by atoms with E-state index in [1.54, 1.807) is 11.8 Å². The van der Waals surface area contributed by atoms with Gasteiger partial charge in [0.25, 0.3) is 0 Å². The Bertz CT molecular complexity index is 462. The number of nitrogens with zero attached hydrogens (tertiary/aromatic N) is 1. The Morgan fingerprint density at radius 2 is 2.13 bits per heavy atom. The zero-order valence-electron chi connectivity index (χ0n) is 13.4. The van der Waals surface area contributed by atoms with E-state index in [1.165, 1.54) is 0 Å². The molecule has 0 radical (unpaired) electrons. The van der Waals surface area contributed by atoms with Crippen molar-refractivity contribution in [3.05, 3.63) is 0 Å². The average molecular weight is 327 g/mol. The summed E-state index contributed by atoms with van der Waals surface area (Å²) in [5.41, 5.74) is 4.63. The van der Waals surface area contributed by atoms with Crippen LogP contribution in [-0.2, 0) is 9.59 Å². The molecule has 4 atom stereocenters. The smallest absolute Gasteiger partial charge is 0.451 e. The molecule has 0 aromatic rings. The number of fused-ring (bicyclic) bond motifs is 1. The van der Waals surface area contributed by atoms with Crippen LogP contribution in [-0.4, -0.2) is 69.8 Å². The minimum Gasteiger partial charge on any atom is -0.480 e. The van der Waals surface area contributed by atoms with Gasteiger partial charge in [-0.1, -0.05) is 12.8 Å². The molecule has 0 aliphatic carbocycles. The number of carboxylic acids is 1. The summed E-state index contributed by atoms with van der Waals surface area (Å²) < 4.78 is 0. The summed E-state index contributed by atoms with van der Waals surface area (Å²) in [6.07, 6.45) is 2.43. The van der Waals surface area contributed by atoms with E-state index in [0.29, 0.717) is 38.8 Å². The molecule has 0 aromatic carbocycles. The summed E-state index contributed by atoms with van der Waals surface area (Å²) in [6, 6.07) is -0.715. The number of likely N-dealkylation sites (tertiary alicyclic amines) is 1. The second-order valence-corrected chi connectivity index (χ2v) is 6.67. The summed E-state index contributed by atoms with van der Waals surface area (Å²) in [6.45, 7) is 2.64. The van der Waals surface area contributed by atoms with Gasteiger partial charge in [0.1, 0.15) is 5.54 Å². The van der Waals surface area contributed by atoms with Crippen LogP contribution in [0.5, 0.6) is 0 Å². The van der Waals surface area contributed by atoms with Gasteiger partial charge in [0, 0.05) is 25.0 Å². The summed E-state index contributed by atoms with van der Waals surface area (Å²) in [5.74, 6) is -1.17. The minimum atomic E-state index is -1.36. The van der Waals surface area contributed by atoms with Gasteiger partial charge in [-0.25, -0.2) is 0 Å². The number of rotatable bonds is 7. The van der Waals surface area contributed by atoms with E-state index in [4.69, 9.17) is 15.8 Å². The normalized spacial score (nSPS) is 31.0. The molecule has 23 heavy (non-hydrogen) atoms. The van der Waals surface area contributed by atoms with Crippen LogP contribution in [0.1, 0.15) is 32.6 Å². The number of unbranched alkanes of at least 4 members (excludes halogenated alkanes) is 1. The number of carboxylic acid groups (broad SMARTS) is 1. The second-order valence-electron chi connectivity index (χ2n) is 6.67. The Balaban J connectivity index is 2.05. The van der Waals surface area contributed by atoms with Crippen molar-refractivity contribution in [2.75, 3.05) is 13.1 Å². The molecule has 0 saturated carbocycles. The lowest BCUT2D eigenvalue weighted by Gasteiger charge is -2.31. The largest absolute Gasteiger partial charge is 0.480 e. The number of carbonyl (C=O) groups is 2. The van der Waals surface area contributed by atoms with Crippen molar-refractivity contribution in [3.8, 4) is 0 Å². The van der Waals surface area contributed by atoms with Gasteiger partial charge in [-0.2, -0.15) is 0 Å². The number of aliphatic carboxylic acids is 1. The minimum absolute atomic E-state index is 0.131. The fraction of sp³-hybridized carbons (Fsp3) is 0.857. The highest BCUT2D eigenvalue weighted by molar-refractivity contribution is 6.40. The SMILES string of the molecule is C[C@H](N)C(=O)N1CC[C@H]2[C@@H]1CN[C@@]2(CCCCB(O)O)C(=O)O. The lowest BCUT2D eigenvalue weighted by molar-refractivity contribution is -0.146. The number of amides is 1. The fourth-order valence-electron chi connectivity index (χ4n) is 3.98. The van der Waals surface area contributed by atoms with Crippen molar-refractivity contribution < 1.29 is 24.7 Å². The predicted octanol–water partition coefficient (Wildman–Crippen LogP) is -1.38. The van der Waals surface area contributed by atoms with Gasteiger partial charge in [0.15, 0.2) is 0 Å². The Morgan fingerprint density at radius 3 is 2.70 bits per heavy atom. The molecule has 9 heteroatoms. The van der Waals surface area contributed by atoms with Gasteiger partial charge in [0.05, 0.1) is 6.04 Å². The van der Waals surface area contributed by atoms with Gasteiger partial charge in [-0.3, -0.25) is 14.9 Å². The maximum Gasteiger partial charge on any atom is 0.451 e. The third-order valence-corrected chi connectivity index (χ3v) is 5.14. The molecule has 6 N–H and O–H groups in total. The number of carbonyl (C=O) groups excluding carboxylic acids is 1. The average Bonchev–Trinajstić information content (AvgIpc) is 3.03. The van der Waals surface area contributed by atoms with Gasteiger partial charge in [-0.05, 0) is 26.1 Å². The maximum atomic E-state index is 12.2. The highest BCUT2D eigenvalue weighted by Gasteiger charge is 2.57. The van der Waals surface area contributed by atoms with Crippen LogP contribution < -0.4 is 11.1 Å². The van der Waals surface area contributed by atoms with Crippen LogP contribution in [0.25, 0.3) is 0 Å². The molecule has 2 rings (SSSR count). The third kappa shape index (κ3) is 3.52. The monoisotopic (exact) mass is 327 g/mol. The third-order valence-electron chi connectivity index (χ3n) is 5.14. The Labute approximate surface area is 136 Å². The second kappa shape index (κ2) is 7.17. The van der Waals surface area contributed by atoms with Crippen molar-refractivity contribution in [1.82, 2.24) is 10.2 Å². The quantitative estimate of drug-likeness (QED) is 0.287. The van der Waals surface area contributed by atoms with Crippen molar-refractivity contribution in [1.29, 1.82) is 0 Å².